The van der Waals surface area contributed by atoms with Crippen LogP contribution >= 0.6 is 0 Å². The van der Waals surface area contributed by atoms with E-state index in [1.807, 2.05) is 37.3 Å². The minimum Gasteiger partial charge on any atom is -0.492 e. The Bertz CT molecular complexity index is 901. The zero-order valence-electron chi connectivity index (χ0n) is 17.0. The third-order valence-electron chi connectivity index (χ3n) is 4.14. The third-order valence-corrected chi connectivity index (χ3v) is 5.73. The molecule has 158 valence electrons. The maximum absolute atomic E-state index is 12.8. The molecule has 0 saturated carbocycles. The van der Waals surface area contributed by atoms with E-state index >= 15 is 0 Å². The Morgan fingerprint density at radius 2 is 1.79 bits per heavy atom. The fourth-order valence-corrected chi connectivity index (χ4v) is 4.06. The molecular formula is C21H28N2O5S. The Morgan fingerprint density at radius 3 is 2.45 bits per heavy atom. The van der Waals surface area contributed by atoms with Crippen molar-refractivity contribution in [3.8, 4) is 5.75 Å². The first kappa shape index (κ1) is 22.7. The van der Waals surface area contributed by atoms with E-state index in [4.69, 9.17) is 9.47 Å². The second-order valence-electron chi connectivity index (χ2n) is 6.48. The lowest BCUT2D eigenvalue weighted by Gasteiger charge is -2.16. The van der Waals surface area contributed by atoms with Crippen LogP contribution in [0.3, 0.4) is 0 Å². The predicted octanol–water partition coefficient (Wildman–Crippen LogP) is 3.95. The molecule has 0 aliphatic carbocycles. The lowest BCUT2D eigenvalue weighted by atomic mass is 10.1. The van der Waals surface area contributed by atoms with Crippen LogP contribution in [-0.4, -0.2) is 33.8 Å². The van der Waals surface area contributed by atoms with E-state index in [9.17, 15) is 13.2 Å². The average molecular weight is 421 g/mol. The van der Waals surface area contributed by atoms with Crippen molar-refractivity contribution in [2.75, 3.05) is 18.5 Å². The maximum atomic E-state index is 12.8. The number of hydrogen-bond acceptors (Lipinski definition) is 5. The summed E-state index contributed by atoms with van der Waals surface area (Å²) in [4.78, 5) is 11.8. The van der Waals surface area contributed by atoms with Crippen molar-refractivity contribution >= 4 is 21.8 Å². The molecule has 1 atom stereocenters. The summed E-state index contributed by atoms with van der Waals surface area (Å²) >= 11 is 0. The average Bonchev–Trinajstić information content (AvgIpc) is 2.68. The van der Waals surface area contributed by atoms with Gasteiger partial charge in [-0.2, -0.15) is 0 Å². The number of nitrogens with one attached hydrogen (secondary N) is 2. The summed E-state index contributed by atoms with van der Waals surface area (Å²) in [6.45, 7) is 5.89. The molecule has 0 heterocycles. The first-order valence-electron chi connectivity index (χ1n) is 9.62. The second kappa shape index (κ2) is 10.8. The summed E-state index contributed by atoms with van der Waals surface area (Å²) in [5.41, 5.74) is 1.39. The van der Waals surface area contributed by atoms with Crippen LogP contribution in [0.15, 0.2) is 53.4 Å². The van der Waals surface area contributed by atoms with Gasteiger partial charge in [0.05, 0.1) is 23.8 Å². The monoisotopic (exact) mass is 420 g/mol. The Morgan fingerprint density at radius 1 is 1.07 bits per heavy atom. The number of benzene rings is 2. The van der Waals surface area contributed by atoms with Crippen molar-refractivity contribution in [3.63, 3.8) is 0 Å². The number of sulfonamides is 1. The molecule has 1 amide bonds. The summed E-state index contributed by atoms with van der Waals surface area (Å²) in [7, 11) is -3.76. The molecule has 0 bridgehead atoms. The minimum atomic E-state index is -3.76. The molecule has 0 radical (unpaired) electrons. The van der Waals surface area contributed by atoms with Gasteiger partial charge in [-0.1, -0.05) is 30.3 Å². The normalized spacial score (nSPS) is 12.2. The van der Waals surface area contributed by atoms with Gasteiger partial charge in [0.2, 0.25) is 10.0 Å². The molecule has 8 heteroatoms. The van der Waals surface area contributed by atoms with Gasteiger partial charge in [0.15, 0.2) is 0 Å². The van der Waals surface area contributed by atoms with Crippen LogP contribution < -0.4 is 14.8 Å². The van der Waals surface area contributed by atoms with Gasteiger partial charge in [-0.15, -0.1) is 0 Å². The van der Waals surface area contributed by atoms with E-state index < -0.39 is 16.1 Å². The van der Waals surface area contributed by atoms with Gasteiger partial charge in [-0.3, -0.25) is 5.32 Å². The highest BCUT2D eigenvalue weighted by Crippen LogP contribution is 2.28. The van der Waals surface area contributed by atoms with E-state index in [0.29, 0.717) is 18.8 Å². The zero-order valence-corrected chi connectivity index (χ0v) is 17.8. The molecule has 2 rings (SSSR count). The lowest BCUT2D eigenvalue weighted by Crippen LogP contribution is -2.33. The largest absolute Gasteiger partial charge is 0.492 e. The molecule has 0 aromatic heterocycles. The molecule has 29 heavy (non-hydrogen) atoms. The highest BCUT2D eigenvalue weighted by molar-refractivity contribution is 7.89. The summed E-state index contributed by atoms with van der Waals surface area (Å²) in [6, 6.07) is 14.0. The van der Waals surface area contributed by atoms with Gasteiger partial charge in [-0.05, 0) is 57.4 Å². The van der Waals surface area contributed by atoms with Crippen molar-refractivity contribution in [1.29, 1.82) is 0 Å². The smallest absolute Gasteiger partial charge is 0.411 e. The highest BCUT2D eigenvalue weighted by Gasteiger charge is 2.20. The highest BCUT2D eigenvalue weighted by atomic mass is 32.2. The molecule has 2 aromatic rings. The zero-order chi connectivity index (χ0) is 21.3. The van der Waals surface area contributed by atoms with Crippen LogP contribution in [0, 0.1) is 0 Å². The summed E-state index contributed by atoms with van der Waals surface area (Å²) in [5, 5.41) is 2.53. The SMILES string of the molecule is CCOC(=O)Nc1cc(S(=O)(=O)N[C@@H](C)CCc2ccccc2)ccc1OCC. The molecule has 0 unspecified atom stereocenters. The molecule has 0 spiro atoms. The van der Waals surface area contributed by atoms with Crippen molar-refractivity contribution in [3.05, 3.63) is 54.1 Å². The van der Waals surface area contributed by atoms with Crippen molar-refractivity contribution in [1.82, 2.24) is 4.72 Å². The summed E-state index contributed by atoms with van der Waals surface area (Å²) < 4.78 is 38.6. The second-order valence-corrected chi connectivity index (χ2v) is 8.20. The van der Waals surface area contributed by atoms with Crippen LogP contribution in [0.5, 0.6) is 5.75 Å². The van der Waals surface area contributed by atoms with Crippen LogP contribution in [0.4, 0.5) is 10.5 Å². The van der Waals surface area contributed by atoms with Crippen molar-refractivity contribution in [2.45, 2.75) is 44.6 Å². The van der Waals surface area contributed by atoms with Crippen LogP contribution in [0.2, 0.25) is 0 Å². The molecule has 0 aliphatic rings. The van der Waals surface area contributed by atoms with Gasteiger partial charge in [-0.25, -0.2) is 17.9 Å². The quantitative estimate of drug-likeness (QED) is 0.607. The van der Waals surface area contributed by atoms with Gasteiger partial charge in [0, 0.05) is 6.04 Å². The summed E-state index contributed by atoms with van der Waals surface area (Å²) in [6.07, 6.45) is 0.754. The van der Waals surface area contributed by atoms with Gasteiger partial charge in [0.1, 0.15) is 5.75 Å². The molecule has 2 aromatic carbocycles. The predicted molar refractivity (Wildman–Crippen MR) is 113 cm³/mol. The first-order chi connectivity index (χ1) is 13.9. The number of carbonyl (C=O) groups excluding carboxylic acids is 1. The van der Waals surface area contributed by atoms with Crippen LogP contribution in [-0.2, 0) is 21.2 Å². The number of hydrogen-bond donors (Lipinski definition) is 2. The first-order valence-corrected chi connectivity index (χ1v) is 11.1. The van der Waals surface area contributed by atoms with Gasteiger partial charge in [0.25, 0.3) is 0 Å². The number of rotatable bonds is 10. The minimum absolute atomic E-state index is 0.0410. The Labute approximate surface area is 172 Å². The third kappa shape index (κ3) is 7.07. The lowest BCUT2D eigenvalue weighted by molar-refractivity contribution is 0.167. The molecule has 0 fully saturated rings. The van der Waals surface area contributed by atoms with Crippen LogP contribution in [0.1, 0.15) is 32.8 Å². The molecular weight excluding hydrogens is 392 g/mol. The topological polar surface area (TPSA) is 93.7 Å². The molecule has 2 N–H and O–H groups in total. The Balaban J connectivity index is 2.12. The van der Waals surface area contributed by atoms with E-state index in [1.54, 1.807) is 13.8 Å². The molecule has 0 aliphatic heterocycles. The Kier molecular flexibility index (Phi) is 8.48. The Hall–Kier alpha value is -2.58. The summed E-state index contributed by atoms with van der Waals surface area (Å²) in [5.74, 6) is 0.372. The number of aryl methyl sites for hydroxylation is 1. The molecule has 7 nitrogen and oxygen atoms in total. The number of amides is 1. The standard InChI is InChI=1S/C21H28N2O5S/c1-4-27-20-14-13-18(15-19(20)22-21(24)28-5-2)29(25,26)23-16(3)11-12-17-9-7-6-8-10-17/h6-10,13-16,23H,4-5,11-12H2,1-3H3,(H,22,24)/t16-/m0/s1. The van der Waals surface area contributed by atoms with Gasteiger partial charge < -0.3 is 9.47 Å². The fourth-order valence-electron chi connectivity index (χ4n) is 2.75. The van der Waals surface area contributed by atoms with E-state index in [0.717, 1.165) is 12.0 Å². The van der Waals surface area contributed by atoms with E-state index in [1.165, 1.54) is 18.2 Å². The van der Waals surface area contributed by atoms with E-state index in [-0.39, 0.29) is 23.2 Å². The maximum Gasteiger partial charge on any atom is 0.411 e. The van der Waals surface area contributed by atoms with E-state index in [2.05, 4.69) is 10.0 Å². The number of ether oxygens (including phenoxy) is 2. The number of carbonyl (C=O) groups is 1. The van der Waals surface area contributed by atoms with Crippen molar-refractivity contribution < 1.29 is 22.7 Å². The van der Waals surface area contributed by atoms with Crippen LogP contribution in [0.25, 0.3) is 0 Å². The number of anilines is 1. The van der Waals surface area contributed by atoms with Gasteiger partial charge >= 0.3 is 6.09 Å². The molecule has 0 saturated heterocycles. The fraction of sp³-hybridized carbons (Fsp3) is 0.381. The van der Waals surface area contributed by atoms with Crippen molar-refractivity contribution in [2.24, 2.45) is 0 Å².